The maximum Gasteiger partial charge on any atom is 0.321 e. The van der Waals surface area contributed by atoms with E-state index in [1.54, 1.807) is 38.8 Å². The number of nitrogens with zero attached hydrogens (tertiary/aromatic N) is 5. The minimum absolute atomic E-state index is 0.245. The molecule has 11 heteroatoms. The molecule has 0 radical (unpaired) electrons. The van der Waals surface area contributed by atoms with Crippen molar-refractivity contribution in [2.24, 2.45) is 0 Å². The van der Waals surface area contributed by atoms with Gasteiger partial charge in [-0.05, 0) is 50.0 Å². The number of carbonyl (C=O) groups is 2. The van der Waals surface area contributed by atoms with Gasteiger partial charge in [0.15, 0.2) is 5.69 Å². The number of hydrogen-bond donors (Lipinski definition) is 4. The fourth-order valence-corrected chi connectivity index (χ4v) is 3.44. The summed E-state index contributed by atoms with van der Waals surface area (Å²) in [4.78, 5) is 37.1. The highest BCUT2D eigenvalue weighted by atomic mass is 16.2. The normalized spacial score (nSPS) is 10.9. The first-order valence-electron chi connectivity index (χ1n) is 11.4. The summed E-state index contributed by atoms with van der Waals surface area (Å²) >= 11 is 0. The molecular weight excluding hydrogens is 458 g/mol. The SMILES string of the molecule is CN(C)CCNc1ccc(NC(=O)c2n[nH]c3ccc(-c4cncc(NC(=O)N(C)C)c4)cc23)cn1. The van der Waals surface area contributed by atoms with Crippen LogP contribution in [0.3, 0.4) is 0 Å². The van der Waals surface area contributed by atoms with Crippen LogP contribution in [0.2, 0.25) is 0 Å². The minimum Gasteiger partial charge on any atom is -0.369 e. The van der Waals surface area contributed by atoms with Crippen molar-refractivity contribution in [2.75, 3.05) is 57.2 Å². The Balaban J connectivity index is 1.50. The number of hydrogen-bond acceptors (Lipinski definition) is 7. The van der Waals surface area contributed by atoms with Crippen LogP contribution in [0.5, 0.6) is 0 Å². The zero-order chi connectivity index (χ0) is 25.7. The molecule has 0 fully saturated rings. The number of benzene rings is 1. The minimum atomic E-state index is -0.348. The molecule has 0 spiro atoms. The summed E-state index contributed by atoms with van der Waals surface area (Å²) in [7, 11) is 7.35. The fourth-order valence-electron chi connectivity index (χ4n) is 3.44. The average molecular weight is 488 g/mol. The van der Waals surface area contributed by atoms with Crippen LogP contribution in [0.15, 0.2) is 55.0 Å². The molecule has 4 rings (SSSR count). The highest BCUT2D eigenvalue weighted by Crippen LogP contribution is 2.27. The highest BCUT2D eigenvalue weighted by Gasteiger charge is 2.16. The van der Waals surface area contributed by atoms with Crippen LogP contribution in [0.4, 0.5) is 22.0 Å². The van der Waals surface area contributed by atoms with Gasteiger partial charge < -0.3 is 25.8 Å². The summed E-state index contributed by atoms with van der Waals surface area (Å²) in [6.45, 7) is 1.66. The number of rotatable bonds is 8. The molecule has 1 aromatic carbocycles. The van der Waals surface area contributed by atoms with E-state index in [0.29, 0.717) is 16.8 Å². The van der Waals surface area contributed by atoms with Crippen LogP contribution in [0.1, 0.15) is 10.5 Å². The molecule has 0 aliphatic carbocycles. The number of carbonyl (C=O) groups excluding carboxylic acids is 2. The summed E-state index contributed by atoms with van der Waals surface area (Å²) in [6.07, 6.45) is 4.89. The van der Waals surface area contributed by atoms with Gasteiger partial charge in [0.2, 0.25) is 0 Å². The first-order chi connectivity index (χ1) is 17.3. The lowest BCUT2D eigenvalue weighted by Crippen LogP contribution is -2.27. The Labute approximate surface area is 208 Å². The van der Waals surface area contributed by atoms with Gasteiger partial charge in [-0.25, -0.2) is 9.78 Å². The van der Waals surface area contributed by atoms with Crippen LogP contribution in [-0.4, -0.2) is 83.2 Å². The second-order valence-electron chi connectivity index (χ2n) is 8.74. The van der Waals surface area contributed by atoms with E-state index in [4.69, 9.17) is 0 Å². The molecule has 0 saturated carbocycles. The van der Waals surface area contributed by atoms with Crippen LogP contribution in [0, 0.1) is 0 Å². The van der Waals surface area contributed by atoms with Crippen molar-refractivity contribution >= 4 is 40.0 Å². The Hall–Kier alpha value is -4.51. The molecule has 0 atom stereocenters. The largest absolute Gasteiger partial charge is 0.369 e. The Bertz CT molecular complexity index is 1360. The van der Waals surface area contributed by atoms with Gasteiger partial charge in [-0.3, -0.25) is 14.9 Å². The third-order valence-electron chi connectivity index (χ3n) is 5.39. The van der Waals surface area contributed by atoms with Crippen molar-refractivity contribution in [3.63, 3.8) is 0 Å². The summed E-state index contributed by atoms with van der Waals surface area (Å²) in [5.41, 5.74) is 3.77. The topological polar surface area (TPSA) is 131 Å². The Morgan fingerprint density at radius 2 is 1.75 bits per heavy atom. The second-order valence-corrected chi connectivity index (χ2v) is 8.74. The number of fused-ring (bicyclic) bond motifs is 1. The van der Waals surface area contributed by atoms with Gasteiger partial charge in [0.1, 0.15) is 5.82 Å². The lowest BCUT2D eigenvalue weighted by molar-refractivity contribution is 0.102. The van der Waals surface area contributed by atoms with E-state index in [1.807, 2.05) is 44.4 Å². The van der Waals surface area contributed by atoms with Crippen LogP contribution in [0.25, 0.3) is 22.0 Å². The lowest BCUT2D eigenvalue weighted by atomic mass is 10.0. The van der Waals surface area contributed by atoms with Crippen molar-refractivity contribution < 1.29 is 9.59 Å². The molecule has 4 aromatic rings. The van der Waals surface area contributed by atoms with Gasteiger partial charge in [0, 0.05) is 44.3 Å². The molecule has 0 unspecified atom stereocenters. The van der Waals surface area contributed by atoms with E-state index in [1.165, 1.54) is 4.90 Å². The summed E-state index contributed by atoms with van der Waals surface area (Å²) in [6, 6.07) is 10.8. The smallest absolute Gasteiger partial charge is 0.321 e. The number of nitrogens with one attached hydrogen (secondary N) is 4. The van der Waals surface area contributed by atoms with E-state index in [2.05, 4.69) is 41.0 Å². The fraction of sp³-hybridized carbons (Fsp3) is 0.240. The van der Waals surface area contributed by atoms with Gasteiger partial charge in [-0.1, -0.05) is 6.07 Å². The third-order valence-corrected chi connectivity index (χ3v) is 5.39. The zero-order valence-electron chi connectivity index (χ0n) is 20.7. The zero-order valence-corrected chi connectivity index (χ0v) is 20.7. The molecule has 3 aromatic heterocycles. The van der Waals surface area contributed by atoms with Gasteiger partial charge in [-0.2, -0.15) is 5.10 Å². The lowest BCUT2D eigenvalue weighted by Gasteiger charge is -2.12. The maximum atomic E-state index is 13.0. The van der Waals surface area contributed by atoms with Gasteiger partial charge in [0.25, 0.3) is 5.91 Å². The van der Waals surface area contributed by atoms with Crippen LogP contribution >= 0.6 is 0 Å². The van der Waals surface area contributed by atoms with Gasteiger partial charge in [0.05, 0.1) is 29.3 Å². The molecule has 186 valence electrons. The van der Waals surface area contributed by atoms with E-state index in [-0.39, 0.29) is 17.6 Å². The standard InChI is InChI=1S/C25H29N9O2/c1-33(2)10-9-27-22-8-6-18(15-28-22)29-24(35)23-20-12-16(5-7-21(20)31-32-23)17-11-19(14-26-13-17)30-25(36)34(3)4/h5-8,11-15H,9-10H2,1-4H3,(H,27,28)(H,29,35)(H,30,36)(H,31,32). The molecular formula is C25H29N9O2. The van der Waals surface area contributed by atoms with Crippen molar-refractivity contribution in [2.45, 2.75) is 0 Å². The molecule has 0 saturated heterocycles. The Morgan fingerprint density at radius 3 is 2.47 bits per heavy atom. The number of pyridine rings is 2. The summed E-state index contributed by atoms with van der Waals surface area (Å²) in [5.74, 6) is 0.390. The Morgan fingerprint density at radius 1 is 0.917 bits per heavy atom. The number of urea groups is 1. The number of likely N-dealkylation sites (N-methyl/N-ethyl adjacent to an activating group) is 1. The number of anilines is 3. The third kappa shape index (κ3) is 5.94. The summed E-state index contributed by atoms with van der Waals surface area (Å²) in [5, 5.41) is 16.7. The predicted octanol–water partition coefficient (Wildman–Crippen LogP) is 3.34. The molecule has 0 aliphatic heterocycles. The quantitative estimate of drug-likeness (QED) is 0.300. The van der Waals surface area contributed by atoms with Gasteiger partial charge in [-0.15, -0.1) is 0 Å². The van der Waals surface area contributed by atoms with Crippen molar-refractivity contribution in [1.82, 2.24) is 30.0 Å². The first-order valence-corrected chi connectivity index (χ1v) is 11.4. The summed E-state index contributed by atoms with van der Waals surface area (Å²) < 4.78 is 0. The molecule has 4 N–H and O–H groups in total. The monoisotopic (exact) mass is 487 g/mol. The number of aromatic nitrogens is 4. The molecule has 0 bridgehead atoms. The van der Waals surface area contributed by atoms with Crippen molar-refractivity contribution in [3.8, 4) is 11.1 Å². The molecule has 0 aliphatic rings. The number of aromatic amines is 1. The molecule has 11 nitrogen and oxygen atoms in total. The molecule has 3 amide bonds. The van der Waals surface area contributed by atoms with Crippen molar-refractivity contribution in [1.29, 1.82) is 0 Å². The number of H-pyrrole nitrogens is 1. The Kier molecular flexibility index (Phi) is 7.40. The van der Waals surface area contributed by atoms with Crippen LogP contribution in [-0.2, 0) is 0 Å². The first kappa shape index (κ1) is 24.6. The van der Waals surface area contributed by atoms with Gasteiger partial charge >= 0.3 is 6.03 Å². The van der Waals surface area contributed by atoms with Crippen LogP contribution < -0.4 is 16.0 Å². The van der Waals surface area contributed by atoms with E-state index in [0.717, 1.165) is 35.6 Å². The van der Waals surface area contributed by atoms with Crippen molar-refractivity contribution in [3.05, 3.63) is 60.7 Å². The maximum absolute atomic E-state index is 13.0. The van der Waals surface area contributed by atoms with E-state index < -0.39 is 0 Å². The highest BCUT2D eigenvalue weighted by molar-refractivity contribution is 6.11. The average Bonchev–Trinajstić information content (AvgIpc) is 3.28. The van der Waals surface area contributed by atoms with E-state index >= 15 is 0 Å². The second kappa shape index (κ2) is 10.8. The van der Waals surface area contributed by atoms with E-state index in [9.17, 15) is 9.59 Å². The molecule has 3 heterocycles. The number of amides is 3. The molecule has 36 heavy (non-hydrogen) atoms. The predicted molar refractivity (Wildman–Crippen MR) is 141 cm³/mol.